The zero-order valence-electron chi connectivity index (χ0n) is 16.2. The predicted molar refractivity (Wildman–Crippen MR) is 104 cm³/mol. The maximum absolute atomic E-state index is 15.3. The number of carbonyl (C=O) groups excluding carboxylic acids is 1. The van der Waals surface area contributed by atoms with Crippen molar-refractivity contribution in [3.05, 3.63) is 58.9 Å². The number of aliphatic carboxylic acids is 1. The minimum atomic E-state index is -1.30. The summed E-state index contributed by atoms with van der Waals surface area (Å²) in [5.74, 6) is -2.00. The van der Waals surface area contributed by atoms with Crippen molar-refractivity contribution in [3.8, 4) is 0 Å². The summed E-state index contributed by atoms with van der Waals surface area (Å²) in [6.45, 7) is 7.15. The van der Waals surface area contributed by atoms with Gasteiger partial charge in [-0.25, -0.2) is 9.18 Å². The number of hydrogen-bond donors (Lipinski definition) is 2. The van der Waals surface area contributed by atoms with E-state index in [4.69, 9.17) is 10.5 Å². The lowest BCUT2D eigenvalue weighted by atomic mass is 9.96. The van der Waals surface area contributed by atoms with E-state index in [0.717, 1.165) is 0 Å². The Morgan fingerprint density at radius 1 is 1.45 bits per heavy atom. The Kier molecular flexibility index (Phi) is 4.82. The molecule has 1 aliphatic carbocycles. The van der Waals surface area contributed by atoms with Crippen LogP contribution in [0, 0.1) is 5.92 Å². The lowest BCUT2D eigenvalue weighted by Gasteiger charge is -2.26. The topological polar surface area (TPSA) is 96.1 Å². The van der Waals surface area contributed by atoms with Crippen LogP contribution in [0.3, 0.4) is 0 Å². The number of carbonyl (C=O) groups is 2. The molecule has 0 spiro atoms. The van der Waals surface area contributed by atoms with Crippen LogP contribution < -0.4 is 5.73 Å². The first-order chi connectivity index (χ1) is 13.8. The van der Waals surface area contributed by atoms with Crippen LogP contribution in [-0.2, 0) is 14.3 Å². The van der Waals surface area contributed by atoms with E-state index < -0.39 is 17.6 Å². The molecule has 0 saturated carbocycles. The summed E-state index contributed by atoms with van der Waals surface area (Å²) in [5.41, 5.74) is 6.89. The van der Waals surface area contributed by atoms with Crippen molar-refractivity contribution in [3.63, 3.8) is 0 Å². The number of allylic oxidation sites excluding steroid dienone is 2. The molecule has 0 radical (unpaired) electrons. The molecule has 3 unspecified atom stereocenters. The average molecular weight is 401 g/mol. The molecule has 3 heterocycles. The van der Waals surface area contributed by atoms with E-state index in [2.05, 4.69) is 6.58 Å². The molecule has 8 heteroatoms. The quantitative estimate of drug-likeness (QED) is 0.546. The molecule has 0 aromatic heterocycles. The van der Waals surface area contributed by atoms with E-state index in [0.29, 0.717) is 30.1 Å². The van der Waals surface area contributed by atoms with Crippen LogP contribution in [0.2, 0.25) is 0 Å². The van der Waals surface area contributed by atoms with E-state index in [1.165, 1.54) is 12.3 Å². The highest BCUT2D eigenvalue weighted by Crippen LogP contribution is 2.39. The number of rotatable bonds is 3. The van der Waals surface area contributed by atoms with Crippen molar-refractivity contribution in [1.82, 2.24) is 9.80 Å². The number of nitrogens with two attached hydrogens (primary N) is 1. The third-order valence-corrected chi connectivity index (χ3v) is 5.98. The maximum atomic E-state index is 15.3. The number of carboxylic acids is 1. The maximum Gasteiger partial charge on any atom is 0.341 e. The van der Waals surface area contributed by atoms with Gasteiger partial charge in [0.2, 0.25) is 5.78 Å². The smallest absolute Gasteiger partial charge is 0.341 e. The van der Waals surface area contributed by atoms with Gasteiger partial charge in [-0.15, -0.1) is 6.58 Å². The number of ether oxygens (including phenoxy) is 1. The van der Waals surface area contributed by atoms with Gasteiger partial charge in [-0.05, 0) is 6.92 Å². The molecule has 7 nitrogen and oxygen atoms in total. The molecule has 154 valence electrons. The van der Waals surface area contributed by atoms with Crippen LogP contribution in [0.25, 0.3) is 0 Å². The Morgan fingerprint density at radius 2 is 2.21 bits per heavy atom. The van der Waals surface area contributed by atoms with Crippen molar-refractivity contribution in [1.29, 1.82) is 0 Å². The normalized spacial score (nSPS) is 29.6. The Hall–Kier alpha value is -2.87. The van der Waals surface area contributed by atoms with Gasteiger partial charge in [-0.1, -0.05) is 12.2 Å². The Balaban J connectivity index is 1.84. The van der Waals surface area contributed by atoms with Gasteiger partial charge >= 0.3 is 5.97 Å². The van der Waals surface area contributed by atoms with Crippen molar-refractivity contribution >= 4 is 11.8 Å². The largest absolute Gasteiger partial charge is 0.489 e. The molecule has 0 aromatic rings. The molecule has 1 saturated heterocycles. The van der Waals surface area contributed by atoms with Gasteiger partial charge in [0.25, 0.3) is 0 Å². The third kappa shape index (κ3) is 3.17. The average Bonchev–Trinajstić information content (AvgIpc) is 2.79. The number of fused-ring (bicyclic) bond motifs is 1. The number of halogens is 1. The van der Waals surface area contributed by atoms with Crippen LogP contribution in [0.1, 0.15) is 13.3 Å². The highest BCUT2D eigenvalue weighted by atomic mass is 19.1. The van der Waals surface area contributed by atoms with Crippen molar-refractivity contribution in [2.24, 2.45) is 11.7 Å². The molecule has 29 heavy (non-hydrogen) atoms. The second-order valence-corrected chi connectivity index (χ2v) is 7.86. The van der Waals surface area contributed by atoms with Gasteiger partial charge in [-0.2, -0.15) is 0 Å². The summed E-state index contributed by atoms with van der Waals surface area (Å²) in [6, 6.07) is -0.360. The van der Waals surface area contributed by atoms with Gasteiger partial charge in [-0.3, -0.25) is 4.79 Å². The van der Waals surface area contributed by atoms with Crippen molar-refractivity contribution in [2.75, 3.05) is 26.2 Å². The highest BCUT2D eigenvalue weighted by Gasteiger charge is 2.40. The van der Waals surface area contributed by atoms with E-state index in [1.54, 1.807) is 11.0 Å². The first-order valence-corrected chi connectivity index (χ1v) is 9.66. The SMILES string of the molecule is C=CC1CN(C2=C(F)CC=C3C(=O)C(C(=O)O)=CN4CC3=C2OCC4C)CC1N. The molecular weight excluding hydrogens is 377 g/mol. The minimum absolute atomic E-state index is 0.0221. The van der Waals surface area contributed by atoms with Crippen LogP contribution in [0.5, 0.6) is 0 Å². The number of carboxylic acid groups (broad SMARTS) is 1. The van der Waals surface area contributed by atoms with E-state index in [1.807, 2.05) is 11.8 Å². The molecule has 3 N–H and O–H groups in total. The molecule has 2 bridgehead atoms. The first kappa shape index (κ1) is 19.4. The zero-order valence-corrected chi connectivity index (χ0v) is 16.2. The Bertz CT molecular complexity index is 917. The second-order valence-electron chi connectivity index (χ2n) is 7.86. The standard InChI is InChI=1S/C21H24FN3O4/c1-3-12-6-25(9-17(12)23)18-16(22)5-4-13-14-7-24(11(2)10-29-20(14)18)8-15(19(13)26)21(27)28/h3-4,8,11-12,17H,1,5-7,9-10,23H2,2H3,(H,27,28). The summed E-state index contributed by atoms with van der Waals surface area (Å²) < 4.78 is 21.3. The molecule has 0 amide bonds. The number of nitrogens with zero attached hydrogens (tertiary/aromatic N) is 2. The molecule has 3 aliphatic heterocycles. The molecule has 1 fully saturated rings. The molecule has 3 atom stereocenters. The number of likely N-dealkylation sites (tertiary alicyclic amines) is 1. The summed E-state index contributed by atoms with van der Waals surface area (Å²) in [4.78, 5) is 28.3. The molecule has 4 rings (SSSR count). The number of ketones is 1. The van der Waals surface area contributed by atoms with Crippen LogP contribution >= 0.6 is 0 Å². The van der Waals surface area contributed by atoms with E-state index in [-0.39, 0.29) is 48.7 Å². The van der Waals surface area contributed by atoms with Gasteiger partial charge in [0.05, 0.1) is 6.04 Å². The highest BCUT2D eigenvalue weighted by molar-refractivity contribution is 6.25. The first-order valence-electron chi connectivity index (χ1n) is 9.66. The second kappa shape index (κ2) is 7.18. The fraction of sp³-hybridized carbons (Fsp3) is 0.429. The number of Topliss-reactive ketones (excluding diaryl/α,β-unsaturated/α-hetero) is 1. The summed E-state index contributed by atoms with van der Waals surface area (Å²) in [5, 5.41) is 9.53. The Morgan fingerprint density at radius 3 is 2.86 bits per heavy atom. The zero-order chi connectivity index (χ0) is 20.9. The van der Waals surface area contributed by atoms with Crippen LogP contribution in [-0.4, -0.2) is 65.0 Å². The lowest BCUT2D eigenvalue weighted by Crippen LogP contribution is -2.31. The minimum Gasteiger partial charge on any atom is -0.489 e. The van der Waals surface area contributed by atoms with Crippen LogP contribution in [0.4, 0.5) is 4.39 Å². The van der Waals surface area contributed by atoms with E-state index in [9.17, 15) is 14.7 Å². The molecule has 4 aliphatic rings. The van der Waals surface area contributed by atoms with Crippen LogP contribution in [0.15, 0.2) is 58.9 Å². The fourth-order valence-corrected chi connectivity index (χ4v) is 4.28. The van der Waals surface area contributed by atoms with Gasteiger partial charge in [0, 0.05) is 55.4 Å². The van der Waals surface area contributed by atoms with E-state index >= 15 is 4.39 Å². The van der Waals surface area contributed by atoms with Crippen molar-refractivity contribution < 1.29 is 23.8 Å². The van der Waals surface area contributed by atoms with Gasteiger partial charge in [0.1, 0.15) is 23.7 Å². The lowest BCUT2D eigenvalue weighted by molar-refractivity contribution is -0.134. The van der Waals surface area contributed by atoms with Gasteiger partial charge < -0.3 is 25.4 Å². The monoisotopic (exact) mass is 401 g/mol. The fourth-order valence-electron chi connectivity index (χ4n) is 4.28. The summed E-state index contributed by atoms with van der Waals surface area (Å²) in [7, 11) is 0. The molecule has 0 aromatic carbocycles. The third-order valence-electron chi connectivity index (χ3n) is 5.98. The molecular formula is C21H24FN3O4. The number of hydrogen-bond acceptors (Lipinski definition) is 6. The predicted octanol–water partition coefficient (Wildman–Crippen LogP) is 1.47. The van der Waals surface area contributed by atoms with Gasteiger partial charge in [0.15, 0.2) is 5.76 Å². The van der Waals surface area contributed by atoms with Crippen molar-refractivity contribution in [2.45, 2.75) is 25.4 Å². The summed E-state index contributed by atoms with van der Waals surface area (Å²) >= 11 is 0. The summed E-state index contributed by atoms with van der Waals surface area (Å²) in [6.07, 6.45) is 4.51. The Labute approximate surface area is 168 Å².